The predicted octanol–water partition coefficient (Wildman–Crippen LogP) is 3.51. The highest BCUT2D eigenvalue weighted by atomic mass is 79.9. The Morgan fingerprint density at radius 3 is 2.93 bits per heavy atom. The maximum Gasteiger partial charge on any atom is 0.266 e. The van der Waals surface area contributed by atoms with Gasteiger partial charge < -0.3 is 4.98 Å². The third kappa shape index (κ3) is 1.33. The van der Waals surface area contributed by atoms with E-state index in [9.17, 15) is 4.79 Å². The lowest BCUT2D eigenvalue weighted by atomic mass is 10.1. The van der Waals surface area contributed by atoms with Gasteiger partial charge in [0.1, 0.15) is 4.70 Å². The number of aromatic nitrogens is 1. The zero-order valence-corrected chi connectivity index (χ0v) is 9.98. The summed E-state index contributed by atoms with van der Waals surface area (Å²) < 4.78 is 1.81. The van der Waals surface area contributed by atoms with Gasteiger partial charge in [-0.3, -0.25) is 4.79 Å². The van der Waals surface area contributed by atoms with E-state index in [2.05, 4.69) is 20.9 Å². The minimum atomic E-state index is -0.00479. The molecule has 1 N–H and O–H groups in total. The number of rotatable bonds is 0. The molecule has 2 heterocycles. The van der Waals surface area contributed by atoms with Gasteiger partial charge in [-0.1, -0.05) is 15.9 Å². The van der Waals surface area contributed by atoms with Crippen molar-refractivity contribution in [2.24, 2.45) is 0 Å². The molecule has 0 atom stereocenters. The number of benzene rings is 1. The molecular weight excluding hydrogens is 274 g/mol. The van der Waals surface area contributed by atoms with Crippen molar-refractivity contribution in [2.45, 2.75) is 0 Å². The molecule has 0 unspecified atom stereocenters. The van der Waals surface area contributed by atoms with E-state index in [1.807, 2.05) is 29.6 Å². The Hall–Kier alpha value is -1.13. The quantitative estimate of drug-likeness (QED) is 0.671. The van der Waals surface area contributed by atoms with Crippen LogP contribution in [0, 0.1) is 0 Å². The van der Waals surface area contributed by atoms with Crippen LogP contribution in [0.2, 0.25) is 0 Å². The fourth-order valence-electron chi connectivity index (χ4n) is 1.72. The van der Waals surface area contributed by atoms with Gasteiger partial charge in [-0.05, 0) is 29.6 Å². The van der Waals surface area contributed by atoms with Crippen molar-refractivity contribution >= 4 is 48.3 Å². The first-order chi connectivity index (χ1) is 7.25. The first kappa shape index (κ1) is 9.12. The fourth-order valence-corrected chi connectivity index (χ4v) is 2.89. The number of aromatic amines is 1. The molecule has 0 aliphatic carbocycles. The molecule has 0 aliphatic heterocycles. The summed E-state index contributed by atoms with van der Waals surface area (Å²) in [6.45, 7) is 0. The maximum atomic E-state index is 11.7. The minimum absolute atomic E-state index is 0.00479. The number of fused-ring (bicyclic) bond motifs is 3. The molecule has 0 saturated heterocycles. The zero-order chi connectivity index (χ0) is 10.4. The highest BCUT2D eigenvalue weighted by molar-refractivity contribution is 9.10. The third-order valence-corrected chi connectivity index (χ3v) is 3.80. The van der Waals surface area contributed by atoms with Crippen LogP contribution in [0.4, 0.5) is 0 Å². The Bertz CT molecular complexity index is 713. The van der Waals surface area contributed by atoms with E-state index in [4.69, 9.17) is 0 Å². The molecule has 0 spiro atoms. The van der Waals surface area contributed by atoms with E-state index < -0.39 is 0 Å². The summed E-state index contributed by atoms with van der Waals surface area (Å²) in [5.41, 5.74) is 0.879. The van der Waals surface area contributed by atoms with Gasteiger partial charge in [-0.2, -0.15) is 0 Å². The van der Waals surface area contributed by atoms with E-state index in [-0.39, 0.29) is 5.56 Å². The van der Waals surface area contributed by atoms with Gasteiger partial charge in [0.15, 0.2) is 0 Å². The fraction of sp³-hybridized carbons (Fsp3) is 0. The third-order valence-electron chi connectivity index (χ3n) is 2.39. The first-order valence-electron chi connectivity index (χ1n) is 4.44. The van der Waals surface area contributed by atoms with Gasteiger partial charge in [0.05, 0.1) is 0 Å². The van der Waals surface area contributed by atoms with E-state index in [0.29, 0.717) is 0 Å². The monoisotopic (exact) mass is 279 g/mol. The van der Waals surface area contributed by atoms with Crippen LogP contribution in [0.25, 0.3) is 21.0 Å². The smallest absolute Gasteiger partial charge is 0.266 e. The number of hydrogen-bond acceptors (Lipinski definition) is 2. The molecule has 0 saturated carbocycles. The van der Waals surface area contributed by atoms with Crippen molar-refractivity contribution in [1.29, 1.82) is 0 Å². The molecule has 0 fully saturated rings. The second-order valence-electron chi connectivity index (χ2n) is 3.31. The summed E-state index contributed by atoms with van der Waals surface area (Å²) in [5, 5.41) is 4.06. The molecule has 74 valence electrons. The van der Waals surface area contributed by atoms with Crippen LogP contribution in [0.15, 0.2) is 38.9 Å². The Balaban J connectivity index is 2.67. The van der Waals surface area contributed by atoms with E-state index in [1.54, 1.807) is 0 Å². The molecule has 0 aliphatic rings. The highest BCUT2D eigenvalue weighted by Gasteiger charge is 2.05. The number of nitrogens with one attached hydrogen (secondary N) is 1. The largest absolute Gasteiger partial charge is 0.321 e. The normalized spacial score (nSPS) is 11.3. The average Bonchev–Trinajstić information content (AvgIpc) is 2.69. The molecular formula is C11H6BrNOS. The number of hydrogen-bond donors (Lipinski definition) is 1. The molecule has 3 rings (SSSR count). The van der Waals surface area contributed by atoms with Gasteiger partial charge >= 0.3 is 0 Å². The number of thiophene rings is 1. The van der Waals surface area contributed by atoms with Gasteiger partial charge in [-0.25, -0.2) is 0 Å². The Kier molecular flexibility index (Phi) is 1.94. The topological polar surface area (TPSA) is 32.9 Å². The van der Waals surface area contributed by atoms with Crippen molar-refractivity contribution in [3.8, 4) is 0 Å². The van der Waals surface area contributed by atoms with E-state index in [1.165, 1.54) is 11.3 Å². The molecule has 0 bridgehead atoms. The second kappa shape index (κ2) is 3.18. The molecule has 4 heteroatoms. The molecule has 2 aromatic heterocycles. The maximum absolute atomic E-state index is 11.7. The molecule has 0 amide bonds. The molecule has 2 nitrogen and oxygen atoms in total. The van der Waals surface area contributed by atoms with Crippen LogP contribution in [0.1, 0.15) is 0 Å². The summed E-state index contributed by atoms with van der Waals surface area (Å²) >= 11 is 4.91. The lowest BCUT2D eigenvalue weighted by Gasteiger charge is -1.99. The number of pyridine rings is 1. The van der Waals surface area contributed by atoms with Crippen molar-refractivity contribution < 1.29 is 0 Å². The molecule has 3 aromatic rings. The highest BCUT2D eigenvalue weighted by Crippen LogP contribution is 2.27. The first-order valence-corrected chi connectivity index (χ1v) is 6.12. The molecule has 0 radical (unpaired) electrons. The van der Waals surface area contributed by atoms with Gasteiger partial charge in [0, 0.05) is 20.8 Å². The molecule has 1 aromatic carbocycles. The van der Waals surface area contributed by atoms with Crippen molar-refractivity contribution in [1.82, 2.24) is 4.98 Å². The SMILES string of the molecule is O=c1[nH]c2ccc(Br)cc2c2ccsc12. The summed E-state index contributed by atoms with van der Waals surface area (Å²) in [6, 6.07) is 7.86. The minimum Gasteiger partial charge on any atom is -0.321 e. The molecule has 15 heavy (non-hydrogen) atoms. The lowest BCUT2D eigenvalue weighted by Crippen LogP contribution is -2.03. The van der Waals surface area contributed by atoms with Crippen LogP contribution in [0.5, 0.6) is 0 Å². The summed E-state index contributed by atoms with van der Waals surface area (Å²) in [5.74, 6) is 0. The summed E-state index contributed by atoms with van der Waals surface area (Å²) in [6.07, 6.45) is 0. The zero-order valence-electron chi connectivity index (χ0n) is 7.58. The van der Waals surface area contributed by atoms with E-state index >= 15 is 0 Å². The standard InChI is InChI=1S/C11H6BrNOS/c12-6-1-2-9-8(5-6)7-3-4-15-10(7)11(14)13-9/h1-5H,(H,13,14). The van der Waals surface area contributed by atoms with Crippen LogP contribution >= 0.6 is 27.3 Å². The van der Waals surface area contributed by atoms with Crippen molar-refractivity contribution in [2.75, 3.05) is 0 Å². The summed E-state index contributed by atoms with van der Waals surface area (Å²) in [7, 11) is 0. The van der Waals surface area contributed by atoms with Crippen molar-refractivity contribution in [3.63, 3.8) is 0 Å². The number of H-pyrrole nitrogens is 1. The second-order valence-corrected chi connectivity index (χ2v) is 5.14. The lowest BCUT2D eigenvalue weighted by molar-refractivity contribution is 1.35. The van der Waals surface area contributed by atoms with Crippen LogP contribution in [-0.4, -0.2) is 4.98 Å². The van der Waals surface area contributed by atoms with Crippen LogP contribution < -0.4 is 5.56 Å². The Morgan fingerprint density at radius 1 is 1.20 bits per heavy atom. The van der Waals surface area contributed by atoms with Gasteiger partial charge in [0.25, 0.3) is 5.56 Å². The Labute approximate surface area is 97.7 Å². The van der Waals surface area contributed by atoms with Crippen LogP contribution in [-0.2, 0) is 0 Å². The number of halogens is 1. The predicted molar refractivity (Wildman–Crippen MR) is 67.7 cm³/mol. The van der Waals surface area contributed by atoms with Gasteiger partial charge in [-0.15, -0.1) is 11.3 Å². The Morgan fingerprint density at radius 2 is 2.07 bits per heavy atom. The van der Waals surface area contributed by atoms with Crippen molar-refractivity contribution in [3.05, 3.63) is 44.5 Å². The average molecular weight is 280 g/mol. The van der Waals surface area contributed by atoms with E-state index in [0.717, 1.165) is 25.5 Å². The summed E-state index contributed by atoms with van der Waals surface area (Å²) in [4.78, 5) is 14.6. The van der Waals surface area contributed by atoms with Gasteiger partial charge in [0.2, 0.25) is 0 Å². The van der Waals surface area contributed by atoms with Crippen LogP contribution in [0.3, 0.4) is 0 Å².